The van der Waals surface area contributed by atoms with Crippen molar-refractivity contribution < 1.29 is 23.2 Å². The molecule has 4 N–H and O–H groups in total. The lowest BCUT2D eigenvalue weighted by molar-refractivity contribution is -0.149. The van der Waals surface area contributed by atoms with Gasteiger partial charge in [0.2, 0.25) is 11.8 Å². The second-order valence-corrected chi connectivity index (χ2v) is 7.10. The minimum absolute atomic E-state index is 0.168. The Labute approximate surface area is 168 Å². The van der Waals surface area contributed by atoms with E-state index >= 15 is 0 Å². The SMILES string of the molecule is O=C1N[C@H](c2ccc(F)cc2)C2(C(=O)NC(=S)NC2=O)[C@H](c2ccc(F)cc2)N1. The van der Waals surface area contributed by atoms with Gasteiger partial charge in [0.1, 0.15) is 11.6 Å². The van der Waals surface area contributed by atoms with Crippen molar-refractivity contribution >= 4 is 35.2 Å². The van der Waals surface area contributed by atoms with Crippen LogP contribution in [0.25, 0.3) is 0 Å². The van der Waals surface area contributed by atoms with Crippen LogP contribution in [0.4, 0.5) is 13.6 Å². The first-order chi connectivity index (χ1) is 13.8. The molecule has 0 aliphatic carbocycles. The van der Waals surface area contributed by atoms with Gasteiger partial charge in [0.25, 0.3) is 0 Å². The third kappa shape index (κ3) is 3.01. The lowest BCUT2D eigenvalue weighted by Gasteiger charge is -2.49. The van der Waals surface area contributed by atoms with Crippen LogP contribution in [-0.4, -0.2) is 23.0 Å². The van der Waals surface area contributed by atoms with E-state index < -0.39 is 47.0 Å². The molecule has 10 heteroatoms. The summed E-state index contributed by atoms with van der Waals surface area (Å²) in [5.41, 5.74) is -1.23. The van der Waals surface area contributed by atoms with E-state index in [9.17, 15) is 23.2 Å². The molecule has 29 heavy (non-hydrogen) atoms. The standard InChI is InChI=1S/C19H14F2N4O3S/c20-11-5-1-9(2-6-11)13-19(15(26)24-18(29)25-16(19)27)14(23-17(28)22-13)10-3-7-12(21)8-4-10/h1-8,13-14H,(H2,22,23,28)(H2,24,25,26,27,29)/t13-,14+. The van der Waals surface area contributed by atoms with Crippen molar-refractivity contribution in [2.45, 2.75) is 12.1 Å². The normalized spacial score (nSPS) is 23.1. The number of benzene rings is 2. The molecule has 2 aliphatic heterocycles. The summed E-state index contributed by atoms with van der Waals surface area (Å²) in [4.78, 5) is 38.8. The van der Waals surface area contributed by atoms with E-state index in [1.165, 1.54) is 24.3 Å². The van der Waals surface area contributed by atoms with Crippen molar-refractivity contribution in [3.63, 3.8) is 0 Å². The average molecular weight is 416 g/mol. The Morgan fingerprint density at radius 2 is 1.10 bits per heavy atom. The molecule has 2 heterocycles. The molecule has 0 radical (unpaired) electrons. The van der Waals surface area contributed by atoms with Gasteiger partial charge in [-0.15, -0.1) is 0 Å². The van der Waals surface area contributed by atoms with Crippen LogP contribution in [0.1, 0.15) is 23.2 Å². The zero-order chi connectivity index (χ0) is 20.8. The average Bonchev–Trinajstić information content (AvgIpc) is 2.67. The van der Waals surface area contributed by atoms with E-state index in [4.69, 9.17) is 12.2 Å². The summed E-state index contributed by atoms with van der Waals surface area (Å²) in [6.07, 6.45) is 0. The summed E-state index contributed by atoms with van der Waals surface area (Å²) >= 11 is 4.91. The molecule has 2 fully saturated rings. The van der Waals surface area contributed by atoms with Crippen molar-refractivity contribution in [3.05, 3.63) is 71.3 Å². The maximum absolute atomic E-state index is 13.4. The topological polar surface area (TPSA) is 99.3 Å². The molecule has 7 nitrogen and oxygen atoms in total. The fraction of sp³-hybridized carbons (Fsp3) is 0.158. The van der Waals surface area contributed by atoms with Crippen molar-refractivity contribution in [3.8, 4) is 0 Å². The van der Waals surface area contributed by atoms with E-state index in [2.05, 4.69) is 21.3 Å². The Balaban J connectivity index is 1.93. The number of thiocarbonyl (C=S) groups is 1. The Hall–Kier alpha value is -3.40. The zero-order valence-corrected chi connectivity index (χ0v) is 15.5. The predicted molar refractivity (Wildman–Crippen MR) is 101 cm³/mol. The molecule has 2 atom stereocenters. The van der Waals surface area contributed by atoms with E-state index in [0.29, 0.717) is 11.1 Å². The predicted octanol–water partition coefficient (Wildman–Crippen LogP) is 1.58. The first-order valence-corrected chi connectivity index (χ1v) is 8.98. The molecule has 0 aromatic heterocycles. The highest BCUT2D eigenvalue weighted by molar-refractivity contribution is 7.80. The van der Waals surface area contributed by atoms with Crippen molar-refractivity contribution in [2.24, 2.45) is 5.41 Å². The maximum Gasteiger partial charge on any atom is 0.315 e. The molecule has 2 aromatic carbocycles. The molecular weight excluding hydrogens is 402 g/mol. The van der Waals surface area contributed by atoms with Gasteiger partial charge in [0.15, 0.2) is 10.5 Å². The number of urea groups is 1. The monoisotopic (exact) mass is 416 g/mol. The van der Waals surface area contributed by atoms with Crippen molar-refractivity contribution in [1.82, 2.24) is 21.3 Å². The Morgan fingerprint density at radius 1 is 0.724 bits per heavy atom. The highest BCUT2D eigenvalue weighted by Crippen LogP contribution is 2.48. The van der Waals surface area contributed by atoms with Gasteiger partial charge in [-0.1, -0.05) is 24.3 Å². The molecule has 0 unspecified atom stereocenters. The lowest BCUT2D eigenvalue weighted by Crippen LogP contribution is -2.73. The molecule has 0 saturated carbocycles. The van der Waals surface area contributed by atoms with Crippen LogP contribution in [-0.2, 0) is 9.59 Å². The van der Waals surface area contributed by atoms with Gasteiger partial charge in [-0.25, -0.2) is 13.6 Å². The minimum atomic E-state index is -1.91. The van der Waals surface area contributed by atoms with Gasteiger partial charge >= 0.3 is 6.03 Å². The van der Waals surface area contributed by atoms with Crippen LogP contribution < -0.4 is 21.3 Å². The summed E-state index contributed by atoms with van der Waals surface area (Å²) < 4.78 is 26.9. The second-order valence-electron chi connectivity index (χ2n) is 6.69. The number of nitrogens with one attached hydrogen (secondary N) is 4. The van der Waals surface area contributed by atoms with E-state index in [1.54, 1.807) is 0 Å². The summed E-state index contributed by atoms with van der Waals surface area (Å²) in [5.74, 6) is -2.53. The van der Waals surface area contributed by atoms with E-state index in [1.807, 2.05) is 0 Å². The maximum atomic E-state index is 13.4. The van der Waals surface area contributed by atoms with Gasteiger partial charge in [0.05, 0.1) is 12.1 Å². The fourth-order valence-electron chi connectivity index (χ4n) is 3.77. The zero-order valence-electron chi connectivity index (χ0n) is 14.7. The first-order valence-electron chi connectivity index (χ1n) is 8.57. The van der Waals surface area contributed by atoms with Crippen LogP contribution in [0.2, 0.25) is 0 Å². The van der Waals surface area contributed by atoms with Crippen LogP contribution in [0.5, 0.6) is 0 Å². The summed E-state index contributed by atoms with van der Waals surface area (Å²) in [6, 6.07) is 7.22. The Bertz CT molecular complexity index is 947. The fourth-order valence-corrected chi connectivity index (χ4v) is 3.96. The Kier molecular flexibility index (Phi) is 4.50. The summed E-state index contributed by atoms with van der Waals surface area (Å²) in [5, 5.41) is 9.86. The smallest absolute Gasteiger partial charge is 0.315 e. The summed E-state index contributed by atoms with van der Waals surface area (Å²) in [6.45, 7) is 0. The van der Waals surface area contributed by atoms with Crippen molar-refractivity contribution in [2.75, 3.05) is 0 Å². The highest BCUT2D eigenvalue weighted by Gasteiger charge is 2.63. The molecular formula is C19H14F2N4O3S. The number of hydrogen-bond donors (Lipinski definition) is 4. The Morgan fingerprint density at radius 3 is 1.48 bits per heavy atom. The number of carbonyl (C=O) groups is 3. The number of halogens is 2. The quantitative estimate of drug-likeness (QED) is 0.441. The molecule has 2 aliphatic rings. The lowest BCUT2D eigenvalue weighted by atomic mass is 9.65. The van der Waals surface area contributed by atoms with Crippen LogP contribution in [0.3, 0.4) is 0 Å². The summed E-state index contributed by atoms with van der Waals surface area (Å²) in [7, 11) is 0. The number of rotatable bonds is 2. The van der Waals surface area contributed by atoms with Crippen LogP contribution in [0.15, 0.2) is 48.5 Å². The molecule has 2 aromatic rings. The van der Waals surface area contributed by atoms with Crippen molar-refractivity contribution in [1.29, 1.82) is 0 Å². The van der Waals surface area contributed by atoms with Crippen LogP contribution >= 0.6 is 12.2 Å². The largest absolute Gasteiger partial charge is 0.330 e. The molecule has 1 spiro atoms. The van der Waals surface area contributed by atoms with Gasteiger partial charge < -0.3 is 21.3 Å². The third-order valence-electron chi connectivity index (χ3n) is 5.07. The molecule has 4 amide bonds. The van der Waals surface area contributed by atoms with Gasteiger partial charge in [-0.2, -0.15) is 0 Å². The third-order valence-corrected chi connectivity index (χ3v) is 5.28. The first kappa shape index (κ1) is 18.9. The van der Waals surface area contributed by atoms with Gasteiger partial charge in [-0.3, -0.25) is 9.59 Å². The number of amides is 4. The van der Waals surface area contributed by atoms with Crippen LogP contribution in [0, 0.1) is 17.0 Å². The number of carbonyl (C=O) groups excluding carboxylic acids is 3. The van der Waals surface area contributed by atoms with E-state index in [0.717, 1.165) is 24.3 Å². The van der Waals surface area contributed by atoms with E-state index in [-0.39, 0.29) is 5.11 Å². The van der Waals surface area contributed by atoms with Gasteiger partial charge in [0, 0.05) is 0 Å². The molecule has 2 saturated heterocycles. The highest BCUT2D eigenvalue weighted by atomic mass is 32.1. The molecule has 4 rings (SSSR count). The number of hydrogen-bond acceptors (Lipinski definition) is 4. The molecule has 0 bridgehead atoms. The molecule has 148 valence electrons. The minimum Gasteiger partial charge on any atom is -0.330 e. The second kappa shape index (κ2) is 6.89. The van der Waals surface area contributed by atoms with Gasteiger partial charge in [-0.05, 0) is 47.6 Å².